The van der Waals surface area contributed by atoms with E-state index < -0.39 is 6.10 Å². The van der Waals surface area contributed by atoms with E-state index in [1.54, 1.807) is 6.92 Å². The topological polar surface area (TPSA) is 44.8 Å². The smallest absolute Gasteiger partial charge is 0.261 e. The molecule has 1 aliphatic heterocycles. The third-order valence-corrected chi connectivity index (χ3v) is 5.30. The summed E-state index contributed by atoms with van der Waals surface area (Å²) in [5, 5.41) is 2.94. The van der Waals surface area contributed by atoms with Gasteiger partial charge in [0.2, 0.25) is 0 Å². The minimum Gasteiger partial charge on any atom is -0.481 e. The highest BCUT2D eigenvalue weighted by molar-refractivity contribution is 9.10. The van der Waals surface area contributed by atoms with Crippen LogP contribution in [0.4, 0.5) is 5.69 Å². The molecule has 1 N–H and O–H groups in total. The maximum Gasteiger partial charge on any atom is 0.261 e. The molecule has 1 heterocycles. The van der Waals surface area contributed by atoms with Gasteiger partial charge in [-0.1, -0.05) is 28.1 Å². The van der Waals surface area contributed by atoms with E-state index in [-0.39, 0.29) is 5.91 Å². The van der Waals surface area contributed by atoms with Gasteiger partial charge >= 0.3 is 0 Å². The summed E-state index contributed by atoms with van der Waals surface area (Å²) in [6, 6.07) is 15.9. The third-order valence-electron chi connectivity index (χ3n) is 4.77. The summed E-state index contributed by atoms with van der Waals surface area (Å²) in [6.45, 7) is 6.54. The van der Waals surface area contributed by atoms with Crippen molar-refractivity contribution >= 4 is 27.5 Å². The van der Waals surface area contributed by atoms with E-state index in [1.807, 2.05) is 24.3 Å². The number of anilines is 1. The predicted octanol–water partition coefficient (Wildman–Crippen LogP) is 3.28. The van der Waals surface area contributed by atoms with Gasteiger partial charge in [0.25, 0.3) is 5.91 Å². The monoisotopic (exact) mass is 431 g/mol. The number of nitrogens with zero attached hydrogens (tertiary/aromatic N) is 2. The number of benzene rings is 2. The molecule has 2 aromatic carbocycles. The number of piperazine rings is 1. The van der Waals surface area contributed by atoms with Gasteiger partial charge < -0.3 is 19.9 Å². The van der Waals surface area contributed by atoms with Crippen LogP contribution in [0, 0.1) is 0 Å². The van der Waals surface area contributed by atoms with Crippen molar-refractivity contribution in [1.82, 2.24) is 10.2 Å². The summed E-state index contributed by atoms with van der Waals surface area (Å²) in [5.74, 6) is 0.554. The van der Waals surface area contributed by atoms with Crippen LogP contribution < -0.4 is 15.0 Å². The van der Waals surface area contributed by atoms with Crippen LogP contribution in [0.2, 0.25) is 0 Å². The van der Waals surface area contributed by atoms with Crippen molar-refractivity contribution < 1.29 is 9.53 Å². The van der Waals surface area contributed by atoms with Gasteiger partial charge in [-0.2, -0.15) is 0 Å². The molecule has 3 rings (SSSR count). The number of nitrogens with one attached hydrogen (secondary N) is 1. The first kappa shape index (κ1) is 19.7. The van der Waals surface area contributed by atoms with Crippen molar-refractivity contribution in [1.29, 1.82) is 0 Å². The molecule has 0 saturated carbocycles. The standard InChI is InChI=1S/C21H26BrN3O2/c1-16(27-20-9-5-18(22)6-10-20)21(26)23-15-17-3-7-19(8-4-17)25-13-11-24(2)12-14-25/h3-10,16H,11-15H2,1-2H3,(H,23,26)/t16-/m0/s1. The Balaban J connectivity index is 1.47. The normalized spacial score (nSPS) is 16.0. The predicted molar refractivity (Wildman–Crippen MR) is 112 cm³/mol. The number of carbonyl (C=O) groups excluding carboxylic acids is 1. The largest absolute Gasteiger partial charge is 0.481 e. The lowest BCUT2D eigenvalue weighted by molar-refractivity contribution is -0.127. The number of carbonyl (C=O) groups is 1. The second kappa shape index (κ2) is 9.24. The highest BCUT2D eigenvalue weighted by atomic mass is 79.9. The molecule has 2 aromatic rings. The maximum absolute atomic E-state index is 12.3. The number of ether oxygens (including phenoxy) is 1. The zero-order chi connectivity index (χ0) is 19.2. The SMILES string of the molecule is C[C@H](Oc1ccc(Br)cc1)C(=O)NCc1ccc(N2CCN(C)CC2)cc1. The molecule has 0 spiro atoms. The summed E-state index contributed by atoms with van der Waals surface area (Å²) < 4.78 is 6.66. The first-order valence-corrected chi connectivity index (χ1v) is 10.0. The zero-order valence-corrected chi connectivity index (χ0v) is 17.4. The molecule has 5 nitrogen and oxygen atoms in total. The molecule has 1 saturated heterocycles. The molecule has 0 radical (unpaired) electrons. The van der Waals surface area contributed by atoms with Crippen LogP contribution in [0.1, 0.15) is 12.5 Å². The van der Waals surface area contributed by atoms with Gasteiger partial charge in [0, 0.05) is 42.9 Å². The fourth-order valence-electron chi connectivity index (χ4n) is 2.99. The maximum atomic E-state index is 12.3. The molecule has 0 bridgehead atoms. The summed E-state index contributed by atoms with van der Waals surface area (Å²) in [5.41, 5.74) is 2.32. The molecule has 1 amide bonds. The number of amides is 1. The zero-order valence-electron chi connectivity index (χ0n) is 15.8. The molecule has 0 unspecified atom stereocenters. The van der Waals surface area contributed by atoms with Crippen LogP contribution in [0.3, 0.4) is 0 Å². The van der Waals surface area contributed by atoms with E-state index >= 15 is 0 Å². The van der Waals surface area contributed by atoms with Crippen LogP contribution in [-0.2, 0) is 11.3 Å². The summed E-state index contributed by atoms with van der Waals surface area (Å²) >= 11 is 3.38. The molecule has 6 heteroatoms. The highest BCUT2D eigenvalue weighted by Gasteiger charge is 2.15. The van der Waals surface area contributed by atoms with Gasteiger partial charge in [-0.25, -0.2) is 0 Å². The Hall–Kier alpha value is -2.05. The molecule has 27 heavy (non-hydrogen) atoms. The highest BCUT2D eigenvalue weighted by Crippen LogP contribution is 2.18. The van der Waals surface area contributed by atoms with Crippen LogP contribution in [0.15, 0.2) is 53.0 Å². The van der Waals surface area contributed by atoms with Gasteiger partial charge in [-0.05, 0) is 55.9 Å². The molecule has 1 aliphatic rings. The van der Waals surface area contributed by atoms with Gasteiger partial charge in [-0.15, -0.1) is 0 Å². The molecular weight excluding hydrogens is 406 g/mol. The Bertz CT molecular complexity index is 741. The average Bonchev–Trinajstić information content (AvgIpc) is 2.69. The first-order valence-electron chi connectivity index (χ1n) is 9.23. The van der Waals surface area contributed by atoms with Crippen LogP contribution in [-0.4, -0.2) is 50.1 Å². The molecule has 0 aromatic heterocycles. The van der Waals surface area contributed by atoms with Crippen molar-refractivity contribution in [3.63, 3.8) is 0 Å². The molecule has 1 fully saturated rings. The van der Waals surface area contributed by atoms with E-state index in [9.17, 15) is 4.79 Å². The summed E-state index contributed by atoms with van der Waals surface area (Å²) in [6.07, 6.45) is -0.546. The van der Waals surface area contributed by atoms with Gasteiger partial charge in [0.1, 0.15) is 5.75 Å². The van der Waals surface area contributed by atoms with E-state index in [2.05, 4.69) is 62.4 Å². The lowest BCUT2D eigenvalue weighted by atomic mass is 10.1. The summed E-state index contributed by atoms with van der Waals surface area (Å²) in [4.78, 5) is 17.0. The van der Waals surface area contributed by atoms with E-state index in [0.717, 1.165) is 36.2 Å². The van der Waals surface area contributed by atoms with Gasteiger partial charge in [-0.3, -0.25) is 4.79 Å². The van der Waals surface area contributed by atoms with E-state index in [1.165, 1.54) is 5.69 Å². The Labute approximate surface area is 169 Å². The van der Waals surface area contributed by atoms with Crippen molar-refractivity contribution in [2.45, 2.75) is 19.6 Å². The Morgan fingerprint density at radius 1 is 1.07 bits per heavy atom. The lowest BCUT2D eigenvalue weighted by Crippen LogP contribution is -2.44. The fraction of sp³-hybridized carbons (Fsp3) is 0.381. The van der Waals surface area contributed by atoms with Crippen molar-refractivity contribution in [2.75, 3.05) is 38.1 Å². The molecule has 1 atom stereocenters. The number of rotatable bonds is 6. The van der Waals surface area contributed by atoms with E-state index in [0.29, 0.717) is 12.3 Å². The average molecular weight is 432 g/mol. The van der Waals surface area contributed by atoms with Crippen LogP contribution in [0.25, 0.3) is 0 Å². The number of likely N-dealkylation sites (N-methyl/N-ethyl adjacent to an activating group) is 1. The number of hydrogen-bond acceptors (Lipinski definition) is 4. The molecular formula is C21H26BrN3O2. The number of halogens is 1. The van der Waals surface area contributed by atoms with E-state index in [4.69, 9.17) is 4.74 Å². The Morgan fingerprint density at radius 2 is 1.70 bits per heavy atom. The minimum atomic E-state index is -0.546. The van der Waals surface area contributed by atoms with Crippen LogP contribution in [0.5, 0.6) is 5.75 Å². The second-order valence-electron chi connectivity index (χ2n) is 6.89. The fourth-order valence-corrected chi connectivity index (χ4v) is 3.26. The van der Waals surface area contributed by atoms with Crippen molar-refractivity contribution in [3.05, 3.63) is 58.6 Å². The summed E-state index contributed by atoms with van der Waals surface area (Å²) in [7, 11) is 2.16. The van der Waals surface area contributed by atoms with Gasteiger partial charge in [0.05, 0.1) is 0 Å². The Morgan fingerprint density at radius 3 is 2.33 bits per heavy atom. The number of hydrogen-bond donors (Lipinski definition) is 1. The quantitative estimate of drug-likeness (QED) is 0.761. The third kappa shape index (κ3) is 5.71. The lowest BCUT2D eigenvalue weighted by Gasteiger charge is -2.34. The van der Waals surface area contributed by atoms with Crippen molar-refractivity contribution in [2.24, 2.45) is 0 Å². The first-order chi connectivity index (χ1) is 13.0. The minimum absolute atomic E-state index is 0.124. The Kier molecular flexibility index (Phi) is 6.74. The van der Waals surface area contributed by atoms with Crippen LogP contribution >= 0.6 is 15.9 Å². The van der Waals surface area contributed by atoms with Crippen molar-refractivity contribution in [3.8, 4) is 5.75 Å². The molecule has 144 valence electrons. The molecule has 0 aliphatic carbocycles. The van der Waals surface area contributed by atoms with Gasteiger partial charge in [0.15, 0.2) is 6.10 Å². The second-order valence-corrected chi connectivity index (χ2v) is 7.80.